The number of hydrogen-bond acceptors (Lipinski definition) is 5. The van der Waals surface area contributed by atoms with Gasteiger partial charge in [0.05, 0.1) is 12.1 Å². The summed E-state index contributed by atoms with van der Waals surface area (Å²) >= 11 is 0. The lowest BCUT2D eigenvalue weighted by molar-refractivity contribution is 0.116. The van der Waals surface area contributed by atoms with Crippen LogP contribution < -0.4 is 5.32 Å². The quantitative estimate of drug-likeness (QED) is 0.923. The Morgan fingerprint density at radius 1 is 1.40 bits per heavy atom. The van der Waals surface area contributed by atoms with Crippen molar-refractivity contribution in [2.45, 2.75) is 38.5 Å². The van der Waals surface area contributed by atoms with Crippen LogP contribution in [-0.2, 0) is 24.1 Å². The van der Waals surface area contributed by atoms with E-state index in [0.717, 1.165) is 13.0 Å². The lowest BCUT2D eigenvalue weighted by Gasteiger charge is -2.23. The highest BCUT2D eigenvalue weighted by atomic mass is 16.5. The van der Waals surface area contributed by atoms with Crippen LogP contribution in [0.4, 0.5) is 0 Å². The Hall–Kier alpha value is -1.72. The molecule has 2 unspecified atom stereocenters. The van der Waals surface area contributed by atoms with Crippen LogP contribution in [0, 0.1) is 0 Å². The van der Waals surface area contributed by atoms with Gasteiger partial charge in [0.15, 0.2) is 5.82 Å². The van der Waals surface area contributed by atoms with Crippen molar-refractivity contribution < 1.29 is 9.26 Å². The second-order valence-electron chi connectivity index (χ2n) is 5.21. The number of benzene rings is 1. The van der Waals surface area contributed by atoms with E-state index in [1.807, 2.05) is 6.92 Å². The van der Waals surface area contributed by atoms with Gasteiger partial charge in [0, 0.05) is 20.1 Å². The molecular weight excluding hydrogens is 254 g/mol. The third kappa shape index (κ3) is 2.73. The fraction of sp³-hybridized carbons (Fsp3) is 0.467. The average molecular weight is 273 g/mol. The first-order valence-corrected chi connectivity index (χ1v) is 6.91. The highest BCUT2D eigenvalue weighted by Crippen LogP contribution is 2.24. The lowest BCUT2D eigenvalue weighted by atomic mass is 9.96. The van der Waals surface area contributed by atoms with Crippen molar-refractivity contribution >= 4 is 0 Å². The van der Waals surface area contributed by atoms with Gasteiger partial charge in [0.25, 0.3) is 0 Å². The number of fused-ring (bicyclic) bond motifs is 1. The van der Waals surface area contributed by atoms with Gasteiger partial charge in [-0.3, -0.25) is 0 Å². The van der Waals surface area contributed by atoms with Crippen LogP contribution in [0.5, 0.6) is 0 Å². The first kappa shape index (κ1) is 13.3. The third-order valence-corrected chi connectivity index (χ3v) is 3.74. The number of nitrogens with one attached hydrogen (secondary N) is 1. The van der Waals surface area contributed by atoms with Crippen molar-refractivity contribution in [2.75, 3.05) is 7.11 Å². The maximum Gasteiger partial charge on any atom is 0.244 e. The van der Waals surface area contributed by atoms with Gasteiger partial charge >= 0.3 is 0 Å². The maximum absolute atomic E-state index is 5.39. The van der Waals surface area contributed by atoms with Crippen molar-refractivity contribution in [3.8, 4) is 0 Å². The molecule has 1 aliphatic heterocycles. The summed E-state index contributed by atoms with van der Waals surface area (Å²) in [6.45, 7) is 2.83. The smallest absolute Gasteiger partial charge is 0.244 e. The first-order valence-electron chi connectivity index (χ1n) is 6.91. The predicted octanol–water partition coefficient (Wildman–Crippen LogP) is 2.03. The van der Waals surface area contributed by atoms with Crippen LogP contribution in [0.25, 0.3) is 0 Å². The van der Waals surface area contributed by atoms with E-state index in [1.165, 1.54) is 11.1 Å². The van der Waals surface area contributed by atoms with Gasteiger partial charge in [-0.2, -0.15) is 4.98 Å². The number of ether oxygens (including phenoxy) is 1. The first-order chi connectivity index (χ1) is 9.76. The van der Waals surface area contributed by atoms with Crippen LogP contribution in [0.15, 0.2) is 28.8 Å². The monoisotopic (exact) mass is 273 g/mol. The zero-order valence-corrected chi connectivity index (χ0v) is 11.8. The summed E-state index contributed by atoms with van der Waals surface area (Å²) in [6, 6.07) is 8.55. The highest BCUT2D eigenvalue weighted by molar-refractivity contribution is 5.30. The second-order valence-corrected chi connectivity index (χ2v) is 5.21. The van der Waals surface area contributed by atoms with Crippen molar-refractivity contribution in [1.82, 2.24) is 15.5 Å². The molecule has 0 fully saturated rings. The van der Waals surface area contributed by atoms with E-state index in [0.29, 0.717) is 18.1 Å². The highest BCUT2D eigenvalue weighted by Gasteiger charge is 2.24. The summed E-state index contributed by atoms with van der Waals surface area (Å²) in [7, 11) is 1.69. The number of methoxy groups -OCH3 is 1. The van der Waals surface area contributed by atoms with Crippen LogP contribution in [0.1, 0.15) is 35.8 Å². The van der Waals surface area contributed by atoms with Crippen molar-refractivity contribution in [2.24, 2.45) is 0 Å². The Balaban J connectivity index is 1.72. The molecule has 2 atom stereocenters. The summed E-state index contributed by atoms with van der Waals surface area (Å²) in [5, 5.41) is 7.47. The molecule has 2 heterocycles. The van der Waals surface area contributed by atoms with Gasteiger partial charge in [0.2, 0.25) is 5.89 Å². The molecule has 20 heavy (non-hydrogen) atoms. The number of nitrogens with zero attached hydrogens (tertiary/aromatic N) is 2. The normalized spacial score (nSPS) is 19.6. The number of rotatable bonds is 4. The number of aromatic nitrogens is 2. The maximum atomic E-state index is 5.39. The zero-order valence-electron chi connectivity index (χ0n) is 11.8. The molecule has 1 aromatic heterocycles. The van der Waals surface area contributed by atoms with Gasteiger partial charge in [-0.25, -0.2) is 0 Å². The summed E-state index contributed by atoms with van der Waals surface area (Å²) in [5.74, 6) is 1.37. The summed E-state index contributed by atoms with van der Waals surface area (Å²) in [5.41, 5.74) is 2.69. The minimum Gasteiger partial charge on any atom is -0.381 e. The summed E-state index contributed by atoms with van der Waals surface area (Å²) in [4.78, 5) is 4.47. The van der Waals surface area contributed by atoms with Crippen LogP contribution in [-0.4, -0.2) is 23.4 Å². The standard InChI is InChI=1S/C15H19N3O2/c1-10(19-2)7-14-17-15(20-18-14)13-8-11-5-3-4-6-12(11)9-16-13/h3-6,10,13,16H,7-9H2,1-2H3. The number of hydrogen-bond donors (Lipinski definition) is 1. The molecular formula is C15H19N3O2. The average Bonchev–Trinajstić information content (AvgIpc) is 2.95. The van der Waals surface area contributed by atoms with E-state index in [2.05, 4.69) is 39.7 Å². The van der Waals surface area contributed by atoms with Crippen LogP contribution >= 0.6 is 0 Å². The van der Waals surface area contributed by atoms with Crippen molar-refractivity contribution in [1.29, 1.82) is 0 Å². The molecule has 5 heteroatoms. The molecule has 0 amide bonds. The van der Waals surface area contributed by atoms with E-state index >= 15 is 0 Å². The van der Waals surface area contributed by atoms with E-state index in [9.17, 15) is 0 Å². The van der Waals surface area contributed by atoms with E-state index in [-0.39, 0.29) is 12.1 Å². The Morgan fingerprint density at radius 3 is 3.00 bits per heavy atom. The molecule has 3 rings (SSSR count). The van der Waals surface area contributed by atoms with Gasteiger partial charge in [0.1, 0.15) is 0 Å². The van der Waals surface area contributed by atoms with Gasteiger partial charge < -0.3 is 14.6 Å². The molecule has 0 spiro atoms. The molecule has 2 aromatic rings. The Kier molecular flexibility index (Phi) is 3.80. The lowest BCUT2D eigenvalue weighted by Crippen LogP contribution is -2.28. The van der Waals surface area contributed by atoms with E-state index < -0.39 is 0 Å². The summed E-state index contributed by atoms with van der Waals surface area (Å²) in [6.07, 6.45) is 1.65. The minimum atomic E-state index is 0.0977. The molecule has 0 radical (unpaired) electrons. The molecule has 5 nitrogen and oxygen atoms in total. The fourth-order valence-corrected chi connectivity index (χ4v) is 2.46. The van der Waals surface area contributed by atoms with E-state index in [1.54, 1.807) is 7.11 Å². The Labute approximate surface area is 118 Å². The summed E-state index contributed by atoms with van der Waals surface area (Å²) < 4.78 is 10.6. The van der Waals surface area contributed by atoms with Crippen LogP contribution in [0.2, 0.25) is 0 Å². The Bertz CT molecular complexity index is 582. The molecule has 0 saturated carbocycles. The van der Waals surface area contributed by atoms with E-state index in [4.69, 9.17) is 9.26 Å². The third-order valence-electron chi connectivity index (χ3n) is 3.74. The SMILES string of the molecule is COC(C)Cc1noc(C2Cc3ccccc3CN2)n1. The topological polar surface area (TPSA) is 60.2 Å². The van der Waals surface area contributed by atoms with Crippen LogP contribution in [0.3, 0.4) is 0 Å². The Morgan fingerprint density at radius 2 is 2.20 bits per heavy atom. The minimum absolute atomic E-state index is 0.0977. The van der Waals surface area contributed by atoms with Crippen molar-refractivity contribution in [3.05, 3.63) is 47.1 Å². The van der Waals surface area contributed by atoms with Gasteiger partial charge in [-0.05, 0) is 24.5 Å². The molecule has 1 N–H and O–H groups in total. The molecule has 0 bridgehead atoms. The molecule has 0 saturated heterocycles. The molecule has 0 aliphatic carbocycles. The second kappa shape index (κ2) is 5.73. The predicted molar refractivity (Wildman–Crippen MR) is 74.2 cm³/mol. The van der Waals surface area contributed by atoms with Gasteiger partial charge in [-0.15, -0.1) is 0 Å². The largest absolute Gasteiger partial charge is 0.381 e. The fourth-order valence-electron chi connectivity index (χ4n) is 2.46. The van der Waals surface area contributed by atoms with Gasteiger partial charge in [-0.1, -0.05) is 29.4 Å². The zero-order chi connectivity index (χ0) is 13.9. The molecule has 106 valence electrons. The van der Waals surface area contributed by atoms with Crippen molar-refractivity contribution in [3.63, 3.8) is 0 Å². The molecule has 1 aromatic carbocycles. The molecule has 1 aliphatic rings.